The predicted octanol–water partition coefficient (Wildman–Crippen LogP) is 2.47. The largest absolute Gasteiger partial charge is 0.338 e. The molecule has 4 amide bonds. The van der Waals surface area contributed by atoms with Gasteiger partial charge in [-0.15, -0.1) is 6.42 Å². The molecule has 0 saturated carbocycles. The molecule has 3 rings (SSSR count). The zero-order valence-corrected chi connectivity index (χ0v) is 16.5. The van der Waals surface area contributed by atoms with Gasteiger partial charge >= 0.3 is 6.03 Å². The maximum absolute atomic E-state index is 13.3. The van der Waals surface area contributed by atoms with Crippen LogP contribution in [0.1, 0.15) is 57.1 Å². The van der Waals surface area contributed by atoms with Crippen LogP contribution in [-0.2, 0) is 21.5 Å². The Hall–Kier alpha value is -2.81. The van der Waals surface area contributed by atoms with Crippen molar-refractivity contribution in [1.82, 2.24) is 15.5 Å². The van der Waals surface area contributed by atoms with Gasteiger partial charge in [-0.2, -0.15) is 0 Å². The predicted molar refractivity (Wildman–Crippen MR) is 106 cm³/mol. The molecule has 1 aliphatic heterocycles. The van der Waals surface area contributed by atoms with Gasteiger partial charge in [0.05, 0.1) is 0 Å². The number of benzene rings is 1. The quantitative estimate of drug-likeness (QED) is 0.607. The van der Waals surface area contributed by atoms with E-state index in [0.29, 0.717) is 19.3 Å². The van der Waals surface area contributed by atoms with Crippen LogP contribution in [0.2, 0.25) is 0 Å². The second-order valence-corrected chi connectivity index (χ2v) is 7.57. The van der Waals surface area contributed by atoms with Crippen LogP contribution in [-0.4, -0.2) is 34.8 Å². The average Bonchev–Trinajstić information content (AvgIpc) is 2.85. The van der Waals surface area contributed by atoms with Crippen LogP contribution in [0.25, 0.3) is 0 Å². The number of amides is 4. The van der Waals surface area contributed by atoms with Crippen LogP contribution >= 0.6 is 0 Å². The summed E-state index contributed by atoms with van der Waals surface area (Å²) in [5.74, 6) is 1.85. The SMILES string of the molecule is C#CC(CC)(CC)NC(=O)CN1C(=O)NC2(CCCCc3ccccc32)C1=O. The summed E-state index contributed by atoms with van der Waals surface area (Å²) in [5.41, 5.74) is 0.0728. The Morgan fingerprint density at radius 3 is 2.68 bits per heavy atom. The second-order valence-electron chi connectivity index (χ2n) is 7.57. The van der Waals surface area contributed by atoms with Gasteiger partial charge in [0.2, 0.25) is 5.91 Å². The summed E-state index contributed by atoms with van der Waals surface area (Å²) < 4.78 is 0. The van der Waals surface area contributed by atoms with Gasteiger partial charge in [-0.05, 0) is 49.7 Å². The molecule has 148 valence electrons. The number of aryl methyl sites for hydroxylation is 1. The highest BCUT2D eigenvalue weighted by Gasteiger charge is 2.53. The molecule has 0 radical (unpaired) electrons. The van der Waals surface area contributed by atoms with Gasteiger partial charge in [-0.25, -0.2) is 4.79 Å². The van der Waals surface area contributed by atoms with E-state index in [1.165, 1.54) is 0 Å². The van der Waals surface area contributed by atoms with Gasteiger partial charge in [0.1, 0.15) is 17.6 Å². The second kappa shape index (κ2) is 7.67. The van der Waals surface area contributed by atoms with E-state index < -0.39 is 23.0 Å². The Kier molecular flexibility index (Phi) is 5.46. The molecule has 1 saturated heterocycles. The molecule has 1 unspecified atom stereocenters. The highest BCUT2D eigenvalue weighted by molar-refractivity contribution is 6.09. The van der Waals surface area contributed by atoms with Crippen molar-refractivity contribution < 1.29 is 14.4 Å². The molecule has 1 atom stereocenters. The first-order valence-corrected chi connectivity index (χ1v) is 9.92. The van der Waals surface area contributed by atoms with Crippen molar-refractivity contribution in [2.45, 2.75) is 63.5 Å². The lowest BCUT2D eigenvalue weighted by Gasteiger charge is -2.29. The molecule has 0 aromatic heterocycles. The number of rotatable bonds is 5. The number of nitrogens with one attached hydrogen (secondary N) is 2. The smallest absolute Gasteiger partial charge is 0.325 e. The molecule has 6 heteroatoms. The molecular formula is C22H27N3O3. The van der Waals surface area contributed by atoms with Gasteiger partial charge in [0, 0.05) is 0 Å². The molecule has 28 heavy (non-hydrogen) atoms. The summed E-state index contributed by atoms with van der Waals surface area (Å²) >= 11 is 0. The average molecular weight is 381 g/mol. The fourth-order valence-electron chi connectivity index (χ4n) is 4.23. The van der Waals surface area contributed by atoms with Crippen molar-refractivity contribution in [2.75, 3.05) is 6.54 Å². The lowest BCUT2D eigenvalue weighted by atomic mass is 9.84. The lowest BCUT2D eigenvalue weighted by Crippen LogP contribution is -2.51. The summed E-state index contributed by atoms with van der Waals surface area (Å²) in [5, 5.41) is 5.71. The minimum atomic E-state index is -1.08. The molecule has 1 aliphatic carbocycles. The molecule has 2 aliphatic rings. The number of hydrogen-bond donors (Lipinski definition) is 2. The number of carbonyl (C=O) groups is 3. The number of imide groups is 1. The molecule has 2 N–H and O–H groups in total. The molecule has 0 bridgehead atoms. The van der Waals surface area contributed by atoms with Crippen molar-refractivity contribution in [2.24, 2.45) is 0 Å². The number of nitrogens with zero attached hydrogens (tertiary/aromatic N) is 1. The number of urea groups is 1. The Bertz CT molecular complexity index is 838. The van der Waals surface area contributed by atoms with Gasteiger partial charge in [0.15, 0.2) is 0 Å². The topological polar surface area (TPSA) is 78.5 Å². The van der Waals surface area contributed by atoms with Gasteiger partial charge in [-0.3, -0.25) is 14.5 Å². The van der Waals surface area contributed by atoms with Crippen LogP contribution in [0.3, 0.4) is 0 Å². The van der Waals surface area contributed by atoms with E-state index in [0.717, 1.165) is 35.3 Å². The molecule has 1 aromatic rings. The van der Waals surface area contributed by atoms with Crippen molar-refractivity contribution in [3.05, 3.63) is 35.4 Å². The summed E-state index contributed by atoms with van der Waals surface area (Å²) in [6.45, 7) is 3.46. The first-order valence-electron chi connectivity index (χ1n) is 9.92. The maximum Gasteiger partial charge on any atom is 0.325 e. The van der Waals surface area contributed by atoms with Crippen molar-refractivity contribution >= 4 is 17.8 Å². The van der Waals surface area contributed by atoms with E-state index in [2.05, 4.69) is 16.6 Å². The number of terminal acetylenes is 1. The standard InChI is InChI=1S/C22H27N3O3/c1-4-21(5-2,6-3)23-18(26)15-25-19(27)22(24-20(25)28)14-10-9-12-16-11-7-8-13-17(16)22/h1,7-8,11,13H,5-6,9-10,12,14-15H2,2-3H3,(H,23,26)(H,24,28). The van der Waals surface area contributed by atoms with E-state index in [1.54, 1.807) is 0 Å². The maximum atomic E-state index is 13.3. The molecule has 1 spiro atoms. The van der Waals surface area contributed by atoms with Crippen molar-refractivity contribution in [3.63, 3.8) is 0 Å². The third kappa shape index (κ3) is 3.26. The van der Waals surface area contributed by atoms with Gasteiger partial charge < -0.3 is 10.6 Å². The highest BCUT2D eigenvalue weighted by atomic mass is 16.2. The number of fused-ring (bicyclic) bond motifs is 2. The summed E-state index contributed by atoms with van der Waals surface area (Å²) in [6.07, 6.45) is 9.93. The lowest BCUT2D eigenvalue weighted by molar-refractivity contribution is -0.135. The molecule has 1 fully saturated rings. The molecule has 6 nitrogen and oxygen atoms in total. The van der Waals surface area contributed by atoms with Crippen LogP contribution in [0.4, 0.5) is 4.79 Å². The Morgan fingerprint density at radius 1 is 1.29 bits per heavy atom. The molecular weight excluding hydrogens is 354 g/mol. The van der Waals surface area contributed by atoms with E-state index >= 15 is 0 Å². The third-order valence-corrected chi connectivity index (χ3v) is 6.06. The Morgan fingerprint density at radius 2 is 2.00 bits per heavy atom. The zero-order chi connectivity index (χ0) is 20.4. The van der Waals surface area contributed by atoms with Crippen LogP contribution < -0.4 is 10.6 Å². The van der Waals surface area contributed by atoms with Crippen molar-refractivity contribution in [3.8, 4) is 12.3 Å². The van der Waals surface area contributed by atoms with Crippen LogP contribution in [0, 0.1) is 12.3 Å². The van der Waals surface area contributed by atoms with E-state index in [-0.39, 0.29) is 12.5 Å². The molecule has 1 heterocycles. The minimum Gasteiger partial charge on any atom is -0.338 e. The van der Waals surface area contributed by atoms with E-state index in [4.69, 9.17) is 6.42 Å². The van der Waals surface area contributed by atoms with E-state index in [1.807, 2.05) is 38.1 Å². The fourth-order valence-corrected chi connectivity index (χ4v) is 4.23. The van der Waals surface area contributed by atoms with Gasteiger partial charge in [-0.1, -0.05) is 44.0 Å². The normalized spacial score (nSPS) is 21.7. The van der Waals surface area contributed by atoms with Crippen LogP contribution in [0.5, 0.6) is 0 Å². The molecule has 1 aromatic carbocycles. The third-order valence-electron chi connectivity index (χ3n) is 6.06. The number of carbonyl (C=O) groups excluding carboxylic acids is 3. The van der Waals surface area contributed by atoms with Crippen LogP contribution in [0.15, 0.2) is 24.3 Å². The first-order chi connectivity index (χ1) is 13.4. The Balaban J connectivity index is 1.85. The first kappa shape index (κ1) is 19.9. The highest BCUT2D eigenvalue weighted by Crippen LogP contribution is 2.38. The summed E-state index contributed by atoms with van der Waals surface area (Å²) in [7, 11) is 0. The van der Waals surface area contributed by atoms with E-state index in [9.17, 15) is 14.4 Å². The summed E-state index contributed by atoms with van der Waals surface area (Å²) in [6, 6.07) is 7.20. The fraction of sp³-hybridized carbons (Fsp3) is 0.500. The minimum absolute atomic E-state index is 0.335. The summed E-state index contributed by atoms with van der Waals surface area (Å²) in [4.78, 5) is 39.6. The Labute approximate surface area is 166 Å². The number of hydrogen-bond acceptors (Lipinski definition) is 3. The van der Waals surface area contributed by atoms with Gasteiger partial charge in [0.25, 0.3) is 5.91 Å². The monoisotopic (exact) mass is 381 g/mol. The zero-order valence-electron chi connectivity index (χ0n) is 16.5. The van der Waals surface area contributed by atoms with Crippen molar-refractivity contribution in [1.29, 1.82) is 0 Å².